The van der Waals surface area contributed by atoms with Gasteiger partial charge in [-0.25, -0.2) is 8.42 Å². The number of halogens is 1. The van der Waals surface area contributed by atoms with Crippen LogP contribution in [0.5, 0.6) is 0 Å². The van der Waals surface area contributed by atoms with E-state index < -0.39 is 10.0 Å². The minimum absolute atomic E-state index is 0.223. The standard InChI is InChI=1S/C15H17BrN2O2S/c1-11-10-12(18(2)3)8-9-14(11)17-21(19,20)15-7-5-4-6-13(15)16/h4-10,17H,1-3H3. The summed E-state index contributed by atoms with van der Waals surface area (Å²) in [5, 5.41) is 0. The third kappa shape index (κ3) is 3.57. The van der Waals surface area contributed by atoms with Gasteiger partial charge in [0.15, 0.2) is 0 Å². The molecule has 0 spiro atoms. The average Bonchev–Trinajstić information content (AvgIpc) is 2.41. The van der Waals surface area contributed by atoms with E-state index in [2.05, 4.69) is 20.7 Å². The topological polar surface area (TPSA) is 49.4 Å². The van der Waals surface area contributed by atoms with Crippen LogP contribution in [-0.2, 0) is 10.0 Å². The highest BCUT2D eigenvalue weighted by Crippen LogP contribution is 2.27. The molecule has 112 valence electrons. The first kappa shape index (κ1) is 15.9. The lowest BCUT2D eigenvalue weighted by molar-refractivity contribution is 0.600. The van der Waals surface area contributed by atoms with Crippen LogP contribution in [0.1, 0.15) is 5.56 Å². The Morgan fingerprint density at radius 3 is 2.33 bits per heavy atom. The molecule has 2 aromatic carbocycles. The van der Waals surface area contributed by atoms with E-state index in [0.29, 0.717) is 10.2 Å². The lowest BCUT2D eigenvalue weighted by Gasteiger charge is -2.16. The van der Waals surface area contributed by atoms with E-state index in [1.54, 1.807) is 30.3 Å². The smallest absolute Gasteiger partial charge is 0.263 e. The number of nitrogens with one attached hydrogen (secondary N) is 1. The first-order valence-corrected chi connectivity index (χ1v) is 8.64. The van der Waals surface area contributed by atoms with Gasteiger partial charge in [0, 0.05) is 24.3 Å². The van der Waals surface area contributed by atoms with Crippen molar-refractivity contribution in [3.05, 3.63) is 52.5 Å². The van der Waals surface area contributed by atoms with Crippen molar-refractivity contribution in [2.45, 2.75) is 11.8 Å². The molecule has 0 saturated heterocycles. The average molecular weight is 369 g/mol. The summed E-state index contributed by atoms with van der Waals surface area (Å²) in [4.78, 5) is 2.19. The summed E-state index contributed by atoms with van der Waals surface area (Å²) in [5.41, 5.74) is 2.48. The van der Waals surface area contributed by atoms with Crippen molar-refractivity contribution in [1.82, 2.24) is 0 Å². The number of aryl methyl sites for hydroxylation is 1. The molecule has 1 N–H and O–H groups in total. The fraction of sp³-hybridized carbons (Fsp3) is 0.200. The molecule has 21 heavy (non-hydrogen) atoms. The Balaban J connectivity index is 2.36. The van der Waals surface area contributed by atoms with Gasteiger partial charge in [-0.15, -0.1) is 0 Å². The van der Waals surface area contributed by atoms with Crippen LogP contribution in [0.15, 0.2) is 51.8 Å². The molecule has 0 amide bonds. The number of nitrogens with zero attached hydrogens (tertiary/aromatic N) is 1. The summed E-state index contributed by atoms with van der Waals surface area (Å²) in [7, 11) is 0.278. The van der Waals surface area contributed by atoms with Crippen molar-refractivity contribution in [2.75, 3.05) is 23.7 Å². The number of hydrogen-bond donors (Lipinski definition) is 1. The molecule has 0 aliphatic heterocycles. The van der Waals surface area contributed by atoms with Crippen LogP contribution < -0.4 is 9.62 Å². The van der Waals surface area contributed by atoms with Gasteiger partial charge < -0.3 is 4.90 Å². The highest BCUT2D eigenvalue weighted by molar-refractivity contribution is 9.10. The van der Waals surface area contributed by atoms with Gasteiger partial charge in [0.05, 0.1) is 5.69 Å². The van der Waals surface area contributed by atoms with Crippen molar-refractivity contribution in [3.8, 4) is 0 Å². The lowest BCUT2D eigenvalue weighted by atomic mass is 10.2. The van der Waals surface area contributed by atoms with Gasteiger partial charge in [-0.05, 0) is 58.7 Å². The molecule has 0 aliphatic carbocycles. The Morgan fingerprint density at radius 2 is 1.76 bits per heavy atom. The zero-order valence-electron chi connectivity index (χ0n) is 12.1. The monoisotopic (exact) mass is 368 g/mol. The Bertz CT molecular complexity index is 758. The second-order valence-corrected chi connectivity index (χ2v) is 7.43. The molecule has 6 heteroatoms. The van der Waals surface area contributed by atoms with Gasteiger partial charge in [-0.3, -0.25) is 4.72 Å². The minimum atomic E-state index is -3.61. The van der Waals surface area contributed by atoms with Gasteiger partial charge in [0.25, 0.3) is 10.0 Å². The molecular formula is C15H17BrN2O2S. The third-order valence-corrected chi connectivity index (χ3v) is 5.47. The molecule has 0 atom stereocenters. The largest absolute Gasteiger partial charge is 0.378 e. The number of benzene rings is 2. The van der Waals surface area contributed by atoms with Gasteiger partial charge in [-0.2, -0.15) is 0 Å². The van der Waals surface area contributed by atoms with E-state index in [9.17, 15) is 8.42 Å². The van der Waals surface area contributed by atoms with Crippen LogP contribution in [0.2, 0.25) is 0 Å². The van der Waals surface area contributed by atoms with Crippen molar-refractivity contribution in [2.24, 2.45) is 0 Å². The molecule has 0 aromatic heterocycles. The van der Waals surface area contributed by atoms with Gasteiger partial charge in [0.2, 0.25) is 0 Å². The number of rotatable bonds is 4. The van der Waals surface area contributed by atoms with Crippen molar-refractivity contribution in [3.63, 3.8) is 0 Å². The SMILES string of the molecule is Cc1cc(N(C)C)ccc1NS(=O)(=O)c1ccccc1Br. The molecule has 0 radical (unpaired) electrons. The lowest BCUT2D eigenvalue weighted by Crippen LogP contribution is -2.15. The molecule has 0 saturated carbocycles. The summed E-state index contributed by atoms with van der Waals surface area (Å²) in [6, 6.07) is 12.3. The maximum absolute atomic E-state index is 12.4. The van der Waals surface area contributed by atoms with Crippen LogP contribution in [0.3, 0.4) is 0 Å². The predicted molar refractivity (Wildman–Crippen MR) is 90.5 cm³/mol. The maximum Gasteiger partial charge on any atom is 0.263 e. The first-order valence-electron chi connectivity index (χ1n) is 6.36. The normalized spacial score (nSPS) is 11.2. The van der Waals surface area contributed by atoms with Crippen molar-refractivity contribution < 1.29 is 8.42 Å². The molecule has 0 fully saturated rings. The van der Waals surface area contributed by atoms with E-state index in [0.717, 1.165) is 11.3 Å². The second kappa shape index (κ2) is 6.07. The van der Waals surface area contributed by atoms with Gasteiger partial charge in [-0.1, -0.05) is 12.1 Å². The second-order valence-electron chi connectivity index (χ2n) is 4.93. The Morgan fingerprint density at radius 1 is 1.10 bits per heavy atom. The molecule has 4 nitrogen and oxygen atoms in total. The third-order valence-electron chi connectivity index (χ3n) is 3.10. The Hall–Kier alpha value is -1.53. The molecule has 2 rings (SSSR count). The summed E-state index contributed by atoms with van der Waals surface area (Å²) in [6.45, 7) is 1.88. The fourth-order valence-corrected chi connectivity index (χ4v) is 4.04. The van der Waals surface area contributed by atoms with Gasteiger partial charge in [0.1, 0.15) is 4.90 Å². The van der Waals surface area contributed by atoms with Crippen LogP contribution in [0.25, 0.3) is 0 Å². The van der Waals surface area contributed by atoms with E-state index >= 15 is 0 Å². The van der Waals surface area contributed by atoms with Crippen LogP contribution in [-0.4, -0.2) is 22.5 Å². The van der Waals surface area contributed by atoms with Crippen LogP contribution in [0.4, 0.5) is 11.4 Å². The number of hydrogen-bond acceptors (Lipinski definition) is 3. The Labute approximate surface area is 134 Å². The van der Waals surface area contributed by atoms with E-state index in [1.807, 2.05) is 38.1 Å². The summed E-state index contributed by atoms with van der Waals surface area (Å²) >= 11 is 3.27. The zero-order chi connectivity index (χ0) is 15.6. The highest BCUT2D eigenvalue weighted by Gasteiger charge is 2.18. The molecule has 2 aromatic rings. The predicted octanol–water partition coefficient (Wildman–Crippen LogP) is 3.62. The fourth-order valence-electron chi connectivity index (χ4n) is 1.90. The highest BCUT2D eigenvalue weighted by atomic mass is 79.9. The molecule has 0 heterocycles. The molecule has 0 aliphatic rings. The number of anilines is 2. The summed E-state index contributed by atoms with van der Waals surface area (Å²) in [6.07, 6.45) is 0. The van der Waals surface area contributed by atoms with Crippen LogP contribution in [0, 0.1) is 6.92 Å². The number of sulfonamides is 1. The molecular weight excluding hydrogens is 352 g/mol. The van der Waals surface area contributed by atoms with Crippen molar-refractivity contribution in [1.29, 1.82) is 0 Å². The first-order chi connectivity index (χ1) is 9.81. The Kier molecular flexibility index (Phi) is 4.58. The minimum Gasteiger partial charge on any atom is -0.378 e. The maximum atomic E-state index is 12.4. The zero-order valence-corrected chi connectivity index (χ0v) is 14.5. The quantitative estimate of drug-likeness (QED) is 0.896. The summed E-state index contributed by atoms with van der Waals surface area (Å²) < 4.78 is 28.1. The van der Waals surface area contributed by atoms with E-state index in [1.165, 1.54) is 0 Å². The van der Waals surface area contributed by atoms with E-state index in [4.69, 9.17) is 0 Å². The molecule has 0 bridgehead atoms. The van der Waals surface area contributed by atoms with E-state index in [-0.39, 0.29) is 4.90 Å². The van der Waals surface area contributed by atoms with Gasteiger partial charge >= 0.3 is 0 Å². The van der Waals surface area contributed by atoms with Crippen LogP contribution >= 0.6 is 15.9 Å². The molecule has 0 unspecified atom stereocenters. The summed E-state index contributed by atoms with van der Waals surface area (Å²) in [5.74, 6) is 0. The van der Waals surface area contributed by atoms with Crippen molar-refractivity contribution >= 4 is 37.3 Å².